The quantitative estimate of drug-likeness (QED) is 0.618. The topological polar surface area (TPSA) is 95.5 Å². The summed E-state index contributed by atoms with van der Waals surface area (Å²) in [5.41, 5.74) is 0. The van der Waals surface area contributed by atoms with Gasteiger partial charge in [0, 0.05) is 6.04 Å². The lowest BCUT2D eigenvalue weighted by molar-refractivity contribution is -0.140. The zero-order chi connectivity index (χ0) is 13.2. The molecule has 17 heavy (non-hydrogen) atoms. The highest BCUT2D eigenvalue weighted by Gasteiger charge is 2.48. The van der Waals surface area contributed by atoms with Gasteiger partial charge in [-0.25, -0.2) is 0 Å². The van der Waals surface area contributed by atoms with Gasteiger partial charge >= 0.3 is 5.97 Å². The molecule has 1 fully saturated rings. The minimum Gasteiger partial charge on any atom is -0.481 e. The van der Waals surface area contributed by atoms with Gasteiger partial charge in [-0.05, 0) is 27.2 Å². The first-order valence-electron chi connectivity index (χ1n) is 5.66. The molecule has 1 saturated carbocycles. The number of carboxylic acid groups (broad SMARTS) is 1. The molecule has 3 unspecified atom stereocenters. The Morgan fingerprint density at radius 1 is 1.12 bits per heavy atom. The largest absolute Gasteiger partial charge is 0.481 e. The van der Waals surface area contributed by atoms with Gasteiger partial charge in [0.2, 0.25) is 11.8 Å². The fraction of sp³-hybridized carbons (Fsp3) is 0.727. The summed E-state index contributed by atoms with van der Waals surface area (Å²) < 4.78 is 0. The van der Waals surface area contributed by atoms with E-state index in [1.54, 1.807) is 6.92 Å². The number of carboxylic acids is 1. The van der Waals surface area contributed by atoms with Crippen molar-refractivity contribution in [2.45, 2.75) is 39.3 Å². The van der Waals surface area contributed by atoms with Crippen LogP contribution < -0.4 is 10.6 Å². The highest BCUT2D eigenvalue weighted by molar-refractivity contribution is 5.93. The molecular weight excluding hydrogens is 224 g/mol. The lowest BCUT2D eigenvalue weighted by atomic mass is 10.2. The van der Waals surface area contributed by atoms with Crippen LogP contribution in [0, 0.1) is 11.8 Å². The van der Waals surface area contributed by atoms with Crippen molar-refractivity contribution in [3.05, 3.63) is 0 Å². The van der Waals surface area contributed by atoms with E-state index in [0.717, 1.165) is 0 Å². The highest BCUT2D eigenvalue weighted by atomic mass is 16.4. The van der Waals surface area contributed by atoms with E-state index in [-0.39, 0.29) is 17.9 Å². The van der Waals surface area contributed by atoms with E-state index in [4.69, 9.17) is 5.11 Å². The lowest BCUT2D eigenvalue weighted by Gasteiger charge is -2.15. The van der Waals surface area contributed by atoms with Gasteiger partial charge in [0.15, 0.2) is 0 Å². The van der Waals surface area contributed by atoms with Gasteiger partial charge in [-0.3, -0.25) is 14.4 Å². The predicted molar refractivity (Wildman–Crippen MR) is 60.1 cm³/mol. The fourth-order valence-corrected chi connectivity index (χ4v) is 1.55. The van der Waals surface area contributed by atoms with E-state index in [1.165, 1.54) is 0 Å². The third-order valence-electron chi connectivity index (χ3n) is 2.63. The van der Waals surface area contributed by atoms with E-state index in [1.807, 2.05) is 13.8 Å². The van der Waals surface area contributed by atoms with Crippen LogP contribution >= 0.6 is 0 Å². The second kappa shape index (κ2) is 5.16. The normalized spacial score (nSPS) is 24.0. The first kappa shape index (κ1) is 13.5. The van der Waals surface area contributed by atoms with Crippen LogP contribution in [-0.4, -0.2) is 35.0 Å². The number of hydrogen-bond donors (Lipinski definition) is 3. The molecule has 0 bridgehead atoms. The van der Waals surface area contributed by atoms with E-state index < -0.39 is 23.8 Å². The minimum absolute atomic E-state index is 0.00884. The molecule has 6 nitrogen and oxygen atoms in total. The number of nitrogens with one attached hydrogen (secondary N) is 2. The summed E-state index contributed by atoms with van der Waals surface area (Å²) in [5.74, 6) is -2.65. The molecule has 0 aromatic carbocycles. The monoisotopic (exact) mass is 242 g/mol. The summed E-state index contributed by atoms with van der Waals surface area (Å²) in [5, 5.41) is 13.9. The van der Waals surface area contributed by atoms with Crippen molar-refractivity contribution < 1.29 is 19.5 Å². The summed E-state index contributed by atoms with van der Waals surface area (Å²) in [6.07, 6.45) is 0.361. The lowest BCUT2D eigenvalue weighted by Crippen LogP contribution is -2.47. The second-order valence-corrected chi connectivity index (χ2v) is 4.68. The Bertz CT molecular complexity index is 340. The molecule has 3 N–H and O–H groups in total. The number of amides is 2. The molecule has 0 heterocycles. The van der Waals surface area contributed by atoms with Gasteiger partial charge in [-0.15, -0.1) is 0 Å². The van der Waals surface area contributed by atoms with Crippen molar-refractivity contribution in [2.24, 2.45) is 11.8 Å². The Kier molecular flexibility index (Phi) is 4.09. The average molecular weight is 242 g/mol. The summed E-state index contributed by atoms with van der Waals surface area (Å²) >= 11 is 0. The van der Waals surface area contributed by atoms with Gasteiger partial charge < -0.3 is 15.7 Å². The second-order valence-electron chi connectivity index (χ2n) is 4.68. The Labute approximate surface area is 99.8 Å². The summed E-state index contributed by atoms with van der Waals surface area (Å²) in [4.78, 5) is 33.7. The van der Waals surface area contributed by atoms with Crippen molar-refractivity contribution in [1.29, 1.82) is 0 Å². The van der Waals surface area contributed by atoms with E-state index in [2.05, 4.69) is 10.6 Å². The number of aliphatic carboxylic acids is 1. The van der Waals surface area contributed by atoms with E-state index in [9.17, 15) is 14.4 Å². The van der Waals surface area contributed by atoms with Crippen LogP contribution in [0.4, 0.5) is 0 Å². The molecule has 1 aliphatic carbocycles. The first-order valence-corrected chi connectivity index (χ1v) is 5.66. The fourth-order valence-electron chi connectivity index (χ4n) is 1.55. The molecule has 2 amide bonds. The van der Waals surface area contributed by atoms with Crippen LogP contribution in [0.15, 0.2) is 0 Å². The average Bonchev–Trinajstić information content (AvgIpc) is 2.95. The molecule has 0 radical (unpaired) electrons. The highest BCUT2D eigenvalue weighted by Crippen LogP contribution is 2.38. The maximum atomic E-state index is 11.6. The summed E-state index contributed by atoms with van der Waals surface area (Å²) in [6.45, 7) is 5.23. The van der Waals surface area contributed by atoms with Gasteiger partial charge in [0.25, 0.3) is 0 Å². The third-order valence-corrected chi connectivity index (χ3v) is 2.63. The predicted octanol–water partition coefficient (Wildman–Crippen LogP) is -0.264. The first-order chi connectivity index (χ1) is 7.82. The third kappa shape index (κ3) is 3.72. The maximum absolute atomic E-state index is 11.6. The van der Waals surface area contributed by atoms with Crippen LogP contribution in [0.3, 0.4) is 0 Å². The Morgan fingerprint density at radius 2 is 1.71 bits per heavy atom. The van der Waals surface area contributed by atoms with Crippen molar-refractivity contribution in [3.63, 3.8) is 0 Å². The molecule has 0 aromatic heterocycles. The minimum atomic E-state index is -0.954. The van der Waals surface area contributed by atoms with Crippen molar-refractivity contribution >= 4 is 17.8 Å². The Balaban J connectivity index is 2.37. The molecule has 0 saturated heterocycles. The molecule has 1 aliphatic rings. The molecule has 0 aliphatic heterocycles. The van der Waals surface area contributed by atoms with E-state index in [0.29, 0.717) is 6.42 Å². The summed E-state index contributed by atoms with van der Waals surface area (Å²) in [7, 11) is 0. The van der Waals surface area contributed by atoms with Crippen LogP contribution in [0.5, 0.6) is 0 Å². The zero-order valence-electron chi connectivity index (χ0n) is 10.2. The summed E-state index contributed by atoms with van der Waals surface area (Å²) in [6, 6.07) is -0.630. The van der Waals surface area contributed by atoms with Crippen LogP contribution in [-0.2, 0) is 14.4 Å². The Morgan fingerprint density at radius 3 is 2.12 bits per heavy atom. The van der Waals surface area contributed by atoms with Crippen LogP contribution in [0.2, 0.25) is 0 Å². The molecule has 6 heteroatoms. The van der Waals surface area contributed by atoms with Crippen molar-refractivity contribution in [1.82, 2.24) is 10.6 Å². The van der Waals surface area contributed by atoms with Gasteiger partial charge in [-0.2, -0.15) is 0 Å². The molecule has 0 aromatic rings. The molecular formula is C11H18N2O4. The number of rotatable bonds is 5. The van der Waals surface area contributed by atoms with Crippen molar-refractivity contribution in [2.75, 3.05) is 0 Å². The van der Waals surface area contributed by atoms with Gasteiger partial charge in [0.05, 0.1) is 11.8 Å². The number of carbonyl (C=O) groups is 3. The number of carbonyl (C=O) groups excluding carboxylic acids is 2. The van der Waals surface area contributed by atoms with Crippen LogP contribution in [0.25, 0.3) is 0 Å². The van der Waals surface area contributed by atoms with Gasteiger partial charge in [0.1, 0.15) is 6.04 Å². The van der Waals surface area contributed by atoms with E-state index >= 15 is 0 Å². The molecule has 1 rings (SSSR count). The van der Waals surface area contributed by atoms with Gasteiger partial charge in [-0.1, -0.05) is 0 Å². The van der Waals surface area contributed by atoms with Crippen LogP contribution in [0.1, 0.15) is 27.2 Å². The maximum Gasteiger partial charge on any atom is 0.307 e. The molecule has 96 valence electrons. The Hall–Kier alpha value is -1.59. The standard InChI is InChI=1S/C11H18N2O4/c1-5(2)12-9(14)6(3)13-10(15)7-4-8(7)11(16)17/h5-8H,4H2,1-3H3,(H,12,14)(H,13,15)(H,16,17). The number of hydrogen-bond acceptors (Lipinski definition) is 3. The zero-order valence-corrected chi connectivity index (χ0v) is 10.2. The SMILES string of the molecule is CC(C)NC(=O)C(C)NC(=O)C1CC1C(=O)O. The van der Waals surface area contributed by atoms with Crippen molar-refractivity contribution in [3.8, 4) is 0 Å². The molecule has 3 atom stereocenters. The molecule has 0 spiro atoms. The smallest absolute Gasteiger partial charge is 0.307 e.